The van der Waals surface area contributed by atoms with Crippen LogP contribution in [-0.2, 0) is 4.79 Å². The lowest BCUT2D eigenvalue weighted by atomic mass is 10.2. The Kier molecular flexibility index (Phi) is 4.79. The van der Waals surface area contributed by atoms with Crippen molar-refractivity contribution in [1.29, 1.82) is 0 Å². The van der Waals surface area contributed by atoms with E-state index in [1.165, 1.54) is 14.2 Å². The number of anilines is 1. The molecule has 150 valence electrons. The Labute approximate surface area is 166 Å². The van der Waals surface area contributed by atoms with Crippen molar-refractivity contribution in [2.75, 3.05) is 45.8 Å². The number of nitrogens with one attached hydrogen (secondary N) is 1. The average molecular weight is 395 g/mol. The molecule has 9 nitrogen and oxygen atoms in total. The Hall–Kier alpha value is -3.62. The number of likely N-dealkylation sites (N-methyl/N-ethyl adjacent to an activating group) is 1. The molecule has 3 heterocycles. The van der Waals surface area contributed by atoms with E-state index >= 15 is 0 Å². The van der Waals surface area contributed by atoms with Gasteiger partial charge < -0.3 is 24.3 Å². The number of methoxy groups -OCH3 is 2. The number of hydrogen-bond donors (Lipinski definition) is 1. The lowest BCUT2D eigenvalue weighted by Crippen LogP contribution is -2.48. The van der Waals surface area contributed by atoms with Gasteiger partial charge in [-0.25, -0.2) is 9.97 Å². The number of piperazine rings is 1. The molecule has 0 radical (unpaired) electrons. The summed E-state index contributed by atoms with van der Waals surface area (Å²) in [6, 6.07) is 8.76. The van der Waals surface area contributed by atoms with Crippen molar-refractivity contribution in [3.05, 3.63) is 40.7 Å². The second kappa shape index (κ2) is 7.42. The minimum Gasteiger partial charge on any atom is -0.497 e. The molecule has 0 spiro atoms. The number of aromatic amines is 1. The van der Waals surface area contributed by atoms with Gasteiger partial charge in [-0.1, -0.05) is 6.07 Å². The smallest absolute Gasteiger partial charge is 0.262 e. The van der Waals surface area contributed by atoms with Gasteiger partial charge in [0.15, 0.2) is 5.82 Å². The summed E-state index contributed by atoms with van der Waals surface area (Å²) in [5.41, 5.74) is 0.628. The maximum atomic E-state index is 12.7. The van der Waals surface area contributed by atoms with Gasteiger partial charge in [-0.3, -0.25) is 9.59 Å². The van der Waals surface area contributed by atoms with Crippen LogP contribution in [0.3, 0.4) is 0 Å². The second-order valence-electron chi connectivity index (χ2n) is 6.76. The monoisotopic (exact) mass is 395 g/mol. The quantitative estimate of drug-likeness (QED) is 0.710. The van der Waals surface area contributed by atoms with E-state index in [0.717, 1.165) is 0 Å². The second-order valence-corrected chi connectivity index (χ2v) is 6.76. The molecule has 0 saturated carbocycles. The summed E-state index contributed by atoms with van der Waals surface area (Å²) in [4.78, 5) is 40.3. The van der Waals surface area contributed by atoms with Crippen LogP contribution in [0.5, 0.6) is 11.5 Å². The summed E-state index contributed by atoms with van der Waals surface area (Å²) in [6.07, 6.45) is 0. The predicted octanol–water partition coefficient (Wildman–Crippen LogP) is 1.28. The van der Waals surface area contributed by atoms with Gasteiger partial charge in [0.05, 0.1) is 26.3 Å². The number of hydrogen-bond acceptors (Lipinski definition) is 7. The van der Waals surface area contributed by atoms with Crippen LogP contribution in [0.15, 0.2) is 35.1 Å². The SMILES string of the molecule is COc1cc(OC)c2c(=O)[nH]c(-c3cccc(N4CCN(C)C(=O)C4)n3)nc2c1. The van der Waals surface area contributed by atoms with Crippen LogP contribution in [0.4, 0.5) is 5.82 Å². The summed E-state index contributed by atoms with van der Waals surface area (Å²) in [5, 5.41) is 0.345. The topological polar surface area (TPSA) is 101 Å². The minimum absolute atomic E-state index is 0.0416. The van der Waals surface area contributed by atoms with Gasteiger partial charge in [-0.05, 0) is 12.1 Å². The Bertz CT molecular complexity index is 1140. The molecule has 4 rings (SSSR count). The zero-order valence-corrected chi connectivity index (χ0v) is 16.4. The van der Waals surface area contributed by atoms with Crippen molar-refractivity contribution in [1.82, 2.24) is 19.9 Å². The molecule has 9 heteroatoms. The highest BCUT2D eigenvalue weighted by Crippen LogP contribution is 2.28. The van der Waals surface area contributed by atoms with E-state index in [9.17, 15) is 9.59 Å². The first-order valence-corrected chi connectivity index (χ1v) is 9.12. The first-order chi connectivity index (χ1) is 14.0. The number of H-pyrrole nitrogens is 1. The summed E-state index contributed by atoms with van der Waals surface area (Å²) >= 11 is 0. The van der Waals surface area contributed by atoms with Crippen LogP contribution in [0, 0.1) is 0 Å². The number of ether oxygens (including phenoxy) is 2. The third-order valence-corrected chi connectivity index (χ3v) is 4.96. The lowest BCUT2D eigenvalue weighted by molar-refractivity contribution is -0.129. The molecule has 1 aromatic carbocycles. The van der Waals surface area contributed by atoms with E-state index in [2.05, 4.69) is 15.0 Å². The maximum Gasteiger partial charge on any atom is 0.262 e. The molecule has 1 aliphatic rings. The fourth-order valence-electron chi connectivity index (χ4n) is 3.30. The van der Waals surface area contributed by atoms with E-state index in [1.807, 2.05) is 17.0 Å². The van der Waals surface area contributed by atoms with Crippen molar-refractivity contribution < 1.29 is 14.3 Å². The number of aromatic nitrogens is 3. The zero-order chi connectivity index (χ0) is 20.5. The summed E-state index contributed by atoms with van der Waals surface area (Å²) in [6.45, 7) is 1.59. The summed E-state index contributed by atoms with van der Waals surface area (Å²) < 4.78 is 10.6. The van der Waals surface area contributed by atoms with Crippen molar-refractivity contribution in [3.63, 3.8) is 0 Å². The molecule has 3 aromatic rings. The molecule has 1 fully saturated rings. The van der Waals surface area contributed by atoms with Crippen LogP contribution < -0.4 is 19.9 Å². The van der Waals surface area contributed by atoms with Crippen molar-refractivity contribution in [2.45, 2.75) is 0 Å². The largest absolute Gasteiger partial charge is 0.497 e. The third kappa shape index (κ3) is 3.46. The zero-order valence-electron chi connectivity index (χ0n) is 16.4. The molecule has 1 N–H and O–H groups in total. The van der Waals surface area contributed by atoms with Crippen LogP contribution in [0.2, 0.25) is 0 Å². The van der Waals surface area contributed by atoms with Gasteiger partial charge in [0, 0.05) is 32.3 Å². The van der Waals surface area contributed by atoms with Gasteiger partial charge in [0.2, 0.25) is 5.91 Å². The molecule has 0 bridgehead atoms. The van der Waals surface area contributed by atoms with E-state index < -0.39 is 0 Å². The Morgan fingerprint density at radius 3 is 2.62 bits per heavy atom. The Morgan fingerprint density at radius 1 is 1.07 bits per heavy atom. The van der Waals surface area contributed by atoms with Crippen LogP contribution in [0.25, 0.3) is 22.4 Å². The number of amides is 1. The Balaban J connectivity index is 1.77. The van der Waals surface area contributed by atoms with Gasteiger partial charge >= 0.3 is 0 Å². The van der Waals surface area contributed by atoms with E-state index in [1.54, 1.807) is 30.1 Å². The molecule has 0 atom stereocenters. The lowest BCUT2D eigenvalue weighted by Gasteiger charge is -2.32. The number of carbonyl (C=O) groups excluding carboxylic acids is 1. The fraction of sp³-hybridized carbons (Fsp3) is 0.300. The first kappa shape index (κ1) is 18.7. The van der Waals surface area contributed by atoms with E-state index in [0.29, 0.717) is 52.8 Å². The highest BCUT2D eigenvalue weighted by molar-refractivity contribution is 5.87. The molecule has 0 unspecified atom stereocenters. The number of benzene rings is 1. The summed E-state index contributed by atoms with van der Waals surface area (Å²) in [5.74, 6) is 1.96. The molecule has 1 aliphatic heterocycles. The van der Waals surface area contributed by atoms with Gasteiger partial charge in [0.1, 0.15) is 28.4 Å². The standard InChI is InChI=1S/C20H21N5O4/c1-24-7-8-25(11-17(24)26)16-6-4-5-13(21-16)19-22-14-9-12(28-2)10-15(29-3)18(14)20(27)23-19/h4-6,9-10H,7-8,11H2,1-3H3,(H,22,23,27). The van der Waals surface area contributed by atoms with Crippen molar-refractivity contribution in [3.8, 4) is 23.0 Å². The molecule has 1 saturated heterocycles. The van der Waals surface area contributed by atoms with Crippen LogP contribution in [-0.4, -0.2) is 66.7 Å². The molecular formula is C20H21N5O4. The van der Waals surface area contributed by atoms with Gasteiger partial charge in [-0.15, -0.1) is 0 Å². The van der Waals surface area contributed by atoms with Crippen LogP contribution in [0.1, 0.15) is 0 Å². The normalized spacial score (nSPS) is 14.4. The number of rotatable bonds is 4. The first-order valence-electron chi connectivity index (χ1n) is 9.12. The third-order valence-electron chi connectivity index (χ3n) is 4.96. The van der Waals surface area contributed by atoms with Crippen LogP contribution >= 0.6 is 0 Å². The average Bonchev–Trinajstić information content (AvgIpc) is 2.74. The van der Waals surface area contributed by atoms with Gasteiger partial charge in [0.25, 0.3) is 5.56 Å². The molecule has 2 aromatic heterocycles. The van der Waals surface area contributed by atoms with E-state index in [-0.39, 0.29) is 18.0 Å². The maximum absolute atomic E-state index is 12.7. The highest BCUT2D eigenvalue weighted by atomic mass is 16.5. The van der Waals surface area contributed by atoms with Crippen molar-refractivity contribution in [2.24, 2.45) is 0 Å². The minimum atomic E-state index is -0.327. The van der Waals surface area contributed by atoms with Crippen molar-refractivity contribution >= 4 is 22.6 Å². The number of fused-ring (bicyclic) bond motifs is 1. The number of pyridine rings is 1. The van der Waals surface area contributed by atoms with E-state index in [4.69, 9.17) is 9.47 Å². The molecule has 1 amide bonds. The fourth-order valence-corrected chi connectivity index (χ4v) is 3.30. The molecule has 0 aliphatic carbocycles. The number of carbonyl (C=O) groups is 1. The number of nitrogens with zero attached hydrogens (tertiary/aromatic N) is 4. The van der Waals surface area contributed by atoms with Gasteiger partial charge in [-0.2, -0.15) is 0 Å². The predicted molar refractivity (Wildman–Crippen MR) is 109 cm³/mol. The highest BCUT2D eigenvalue weighted by Gasteiger charge is 2.22. The molecule has 29 heavy (non-hydrogen) atoms. The summed E-state index contributed by atoms with van der Waals surface area (Å²) in [7, 11) is 4.82. The Morgan fingerprint density at radius 2 is 1.90 bits per heavy atom. The molecular weight excluding hydrogens is 374 g/mol.